The van der Waals surface area contributed by atoms with E-state index in [9.17, 15) is 18.5 Å². The maximum Gasteiger partial charge on any atom is 0.287 e. The van der Waals surface area contributed by atoms with E-state index in [0.29, 0.717) is 42.3 Å². The Labute approximate surface area is 180 Å². The number of fused-ring (bicyclic) bond motifs is 1. The third kappa shape index (κ3) is 3.91. The molecule has 0 aliphatic carbocycles. The molecule has 0 unspecified atom stereocenters. The van der Waals surface area contributed by atoms with Gasteiger partial charge >= 0.3 is 0 Å². The van der Waals surface area contributed by atoms with Crippen LogP contribution in [0.1, 0.15) is 0 Å². The second-order valence-electron chi connectivity index (χ2n) is 7.55. The topological polar surface area (TPSA) is 99.9 Å². The largest absolute Gasteiger partial charge is 0.377 e. The quantitative estimate of drug-likeness (QED) is 0.443. The van der Waals surface area contributed by atoms with Crippen molar-refractivity contribution in [1.29, 1.82) is 0 Å². The van der Waals surface area contributed by atoms with Crippen molar-refractivity contribution in [2.45, 2.75) is 4.90 Å². The summed E-state index contributed by atoms with van der Waals surface area (Å²) in [5.74, 6) is 0.600. The lowest BCUT2D eigenvalue weighted by atomic mass is 10.1. The second kappa shape index (κ2) is 8.12. The molecule has 10 heteroatoms. The SMILES string of the molecule is CN(C)c1cccc2c(S(=O)(=O)N3CCN(c4ccc([N+](=O)[O-])cn4)CC3)cccc12. The molecule has 2 heterocycles. The zero-order valence-corrected chi connectivity index (χ0v) is 18.1. The Morgan fingerprint density at radius 3 is 2.26 bits per heavy atom. The normalized spacial score (nSPS) is 15.2. The lowest BCUT2D eigenvalue weighted by Crippen LogP contribution is -2.48. The molecule has 162 valence electrons. The van der Waals surface area contributed by atoms with Gasteiger partial charge in [0.25, 0.3) is 5.69 Å². The van der Waals surface area contributed by atoms with E-state index in [2.05, 4.69) is 4.98 Å². The van der Waals surface area contributed by atoms with Crippen LogP contribution in [-0.4, -0.2) is 62.9 Å². The van der Waals surface area contributed by atoms with Crippen LogP contribution in [-0.2, 0) is 10.0 Å². The summed E-state index contributed by atoms with van der Waals surface area (Å²) in [6, 6.07) is 14.0. The van der Waals surface area contributed by atoms with Gasteiger partial charge in [0.1, 0.15) is 12.0 Å². The van der Waals surface area contributed by atoms with Crippen molar-refractivity contribution < 1.29 is 13.3 Å². The number of anilines is 2. The van der Waals surface area contributed by atoms with Crippen molar-refractivity contribution in [2.75, 3.05) is 50.1 Å². The summed E-state index contributed by atoms with van der Waals surface area (Å²) >= 11 is 0. The highest BCUT2D eigenvalue weighted by Crippen LogP contribution is 2.32. The second-order valence-corrected chi connectivity index (χ2v) is 9.45. The Morgan fingerprint density at radius 1 is 0.968 bits per heavy atom. The summed E-state index contributed by atoms with van der Waals surface area (Å²) in [5, 5.41) is 12.4. The molecule has 2 aromatic carbocycles. The maximum atomic E-state index is 13.4. The Bertz CT molecular complexity index is 1220. The van der Waals surface area contributed by atoms with Gasteiger partial charge in [-0.25, -0.2) is 13.4 Å². The van der Waals surface area contributed by atoms with Gasteiger partial charge in [-0.05, 0) is 18.2 Å². The van der Waals surface area contributed by atoms with Crippen LogP contribution >= 0.6 is 0 Å². The first kappa shape index (κ1) is 21.0. The first-order valence-corrected chi connectivity index (χ1v) is 11.3. The minimum absolute atomic E-state index is 0.0713. The number of hydrogen-bond acceptors (Lipinski definition) is 7. The van der Waals surface area contributed by atoms with Crippen molar-refractivity contribution in [3.8, 4) is 0 Å². The van der Waals surface area contributed by atoms with E-state index in [1.165, 1.54) is 16.6 Å². The average molecular weight is 442 g/mol. The third-order valence-corrected chi connectivity index (χ3v) is 7.42. The molecule has 1 aromatic heterocycles. The lowest BCUT2D eigenvalue weighted by Gasteiger charge is -2.34. The highest BCUT2D eigenvalue weighted by molar-refractivity contribution is 7.89. The summed E-state index contributed by atoms with van der Waals surface area (Å²) < 4.78 is 28.4. The standard InChI is InChI=1S/C21H23N5O4S/c1-23(2)19-7-3-6-18-17(19)5-4-8-20(18)31(29,30)25-13-11-24(12-14-25)21-10-9-16(15-22-21)26(27)28/h3-10,15H,11-14H2,1-2H3. The van der Waals surface area contributed by atoms with Crippen LogP contribution in [0, 0.1) is 10.1 Å². The van der Waals surface area contributed by atoms with Crippen LogP contribution in [0.5, 0.6) is 0 Å². The van der Waals surface area contributed by atoms with E-state index < -0.39 is 14.9 Å². The summed E-state index contributed by atoms with van der Waals surface area (Å²) in [6.07, 6.45) is 1.22. The number of hydrogen-bond donors (Lipinski definition) is 0. The monoisotopic (exact) mass is 441 g/mol. The van der Waals surface area contributed by atoms with E-state index in [-0.39, 0.29) is 5.69 Å². The molecule has 4 rings (SSSR count). The molecule has 0 amide bonds. The van der Waals surface area contributed by atoms with E-state index in [4.69, 9.17) is 0 Å². The Hall–Kier alpha value is -3.24. The Kier molecular flexibility index (Phi) is 5.50. The Balaban J connectivity index is 1.57. The van der Waals surface area contributed by atoms with Gasteiger partial charge in [-0.3, -0.25) is 10.1 Å². The average Bonchev–Trinajstić information content (AvgIpc) is 2.78. The molecular weight excluding hydrogens is 418 g/mol. The lowest BCUT2D eigenvalue weighted by molar-refractivity contribution is -0.385. The van der Waals surface area contributed by atoms with Crippen LogP contribution in [0.2, 0.25) is 0 Å². The fourth-order valence-electron chi connectivity index (χ4n) is 3.85. The molecule has 3 aromatic rings. The van der Waals surface area contributed by atoms with Crippen LogP contribution in [0.3, 0.4) is 0 Å². The van der Waals surface area contributed by atoms with Crippen LogP contribution in [0.4, 0.5) is 17.2 Å². The van der Waals surface area contributed by atoms with Gasteiger partial charge in [0.2, 0.25) is 10.0 Å². The van der Waals surface area contributed by atoms with Gasteiger partial charge < -0.3 is 9.80 Å². The number of aromatic nitrogens is 1. The van der Waals surface area contributed by atoms with Crippen molar-refractivity contribution >= 4 is 38.0 Å². The van der Waals surface area contributed by atoms with E-state index >= 15 is 0 Å². The summed E-state index contributed by atoms with van der Waals surface area (Å²) in [5.41, 5.74) is 0.890. The van der Waals surface area contributed by atoms with Gasteiger partial charge in [-0.2, -0.15) is 4.31 Å². The van der Waals surface area contributed by atoms with Crippen molar-refractivity contribution in [3.63, 3.8) is 0 Å². The fourth-order valence-corrected chi connectivity index (χ4v) is 5.48. The molecule has 0 spiro atoms. The van der Waals surface area contributed by atoms with Gasteiger partial charge in [0, 0.05) is 62.8 Å². The first-order valence-electron chi connectivity index (χ1n) is 9.83. The van der Waals surface area contributed by atoms with E-state index in [1.54, 1.807) is 18.2 Å². The van der Waals surface area contributed by atoms with Crippen LogP contribution in [0.15, 0.2) is 59.6 Å². The van der Waals surface area contributed by atoms with E-state index in [0.717, 1.165) is 11.1 Å². The molecule has 1 aliphatic heterocycles. The molecule has 9 nitrogen and oxygen atoms in total. The molecule has 1 saturated heterocycles. The van der Waals surface area contributed by atoms with Crippen molar-refractivity contribution in [2.24, 2.45) is 0 Å². The van der Waals surface area contributed by atoms with Gasteiger partial charge in [-0.15, -0.1) is 0 Å². The molecule has 1 aliphatic rings. The molecule has 0 bridgehead atoms. The molecule has 0 atom stereocenters. The summed E-state index contributed by atoms with van der Waals surface area (Å²) in [6.45, 7) is 1.53. The smallest absolute Gasteiger partial charge is 0.287 e. The predicted molar refractivity (Wildman–Crippen MR) is 120 cm³/mol. The third-order valence-electron chi connectivity index (χ3n) is 5.46. The van der Waals surface area contributed by atoms with Gasteiger partial charge in [-0.1, -0.05) is 24.3 Å². The minimum atomic E-state index is -3.68. The number of nitrogens with zero attached hydrogens (tertiary/aromatic N) is 5. The number of sulfonamides is 1. The molecule has 0 radical (unpaired) electrons. The molecule has 1 fully saturated rings. The molecular formula is C21H23N5O4S. The number of piperazine rings is 1. The van der Waals surface area contributed by atoms with Gasteiger partial charge in [0.05, 0.1) is 9.82 Å². The minimum Gasteiger partial charge on any atom is -0.377 e. The summed E-state index contributed by atoms with van der Waals surface area (Å²) in [4.78, 5) is 18.7. The van der Waals surface area contributed by atoms with Crippen LogP contribution < -0.4 is 9.80 Å². The van der Waals surface area contributed by atoms with E-state index in [1.807, 2.05) is 48.2 Å². The van der Waals surface area contributed by atoms with Crippen LogP contribution in [0.25, 0.3) is 10.8 Å². The zero-order chi connectivity index (χ0) is 22.2. The highest BCUT2D eigenvalue weighted by atomic mass is 32.2. The number of nitro groups is 1. The number of pyridine rings is 1. The summed E-state index contributed by atoms with van der Waals surface area (Å²) in [7, 11) is 0.188. The van der Waals surface area contributed by atoms with Gasteiger partial charge in [0.15, 0.2) is 0 Å². The predicted octanol–water partition coefficient (Wildman–Crippen LogP) is 2.72. The molecule has 31 heavy (non-hydrogen) atoms. The molecule has 0 N–H and O–H groups in total. The maximum absolute atomic E-state index is 13.4. The van der Waals surface area contributed by atoms with Crippen molar-refractivity contribution in [1.82, 2.24) is 9.29 Å². The zero-order valence-electron chi connectivity index (χ0n) is 17.3. The first-order chi connectivity index (χ1) is 14.8. The highest BCUT2D eigenvalue weighted by Gasteiger charge is 2.30. The number of benzene rings is 2. The Morgan fingerprint density at radius 2 is 1.65 bits per heavy atom. The molecule has 0 saturated carbocycles. The van der Waals surface area contributed by atoms with Crippen molar-refractivity contribution in [3.05, 3.63) is 64.8 Å². The fraction of sp³-hybridized carbons (Fsp3) is 0.286. The number of rotatable bonds is 5.